The topological polar surface area (TPSA) is 58.6 Å². The average molecular weight is 530 g/mol. The third kappa shape index (κ3) is 7.08. The summed E-state index contributed by atoms with van der Waals surface area (Å²) in [5, 5.41) is 3.18. The molecular weight excluding hydrogens is 492 g/mol. The molecule has 1 N–H and O–H groups in total. The molecule has 6 heteroatoms. The molecule has 0 saturated heterocycles. The normalized spacial score (nSPS) is 14.8. The molecule has 1 aliphatic rings. The van der Waals surface area contributed by atoms with Gasteiger partial charge in [0.2, 0.25) is 5.91 Å². The van der Waals surface area contributed by atoms with Crippen molar-refractivity contribution in [3.63, 3.8) is 0 Å². The van der Waals surface area contributed by atoms with Crippen LogP contribution >= 0.6 is 15.9 Å². The number of halogens is 1. The van der Waals surface area contributed by atoms with Gasteiger partial charge in [-0.15, -0.1) is 0 Å². The smallest absolute Gasteiger partial charge is 0.261 e. The standard InChI is InChI=1S/C28H37BrN2O3/c1-5-25(28(33)30-23-8-6-7-9-23)31(17-21-12-10-20(4)11-13-21)27(32)18-34-26-15-14-22(19(2)3)16-24(26)29/h10-16,19,23,25H,5-9,17-18H2,1-4H3,(H,30,33)/t25-/m1/s1. The summed E-state index contributed by atoms with van der Waals surface area (Å²) in [5.41, 5.74) is 3.35. The Hall–Kier alpha value is -2.34. The Kier molecular flexibility index (Phi) is 9.57. The van der Waals surface area contributed by atoms with E-state index < -0.39 is 6.04 Å². The van der Waals surface area contributed by atoms with Crippen LogP contribution in [-0.2, 0) is 16.1 Å². The molecule has 0 unspecified atom stereocenters. The third-order valence-corrected chi connectivity index (χ3v) is 7.15. The summed E-state index contributed by atoms with van der Waals surface area (Å²) < 4.78 is 6.73. The lowest BCUT2D eigenvalue weighted by Gasteiger charge is -2.31. The molecule has 0 radical (unpaired) electrons. The van der Waals surface area contributed by atoms with Gasteiger partial charge >= 0.3 is 0 Å². The number of nitrogens with one attached hydrogen (secondary N) is 1. The molecule has 2 aromatic rings. The largest absolute Gasteiger partial charge is 0.483 e. The lowest BCUT2D eigenvalue weighted by Crippen LogP contribution is -2.52. The van der Waals surface area contributed by atoms with E-state index in [1.807, 2.05) is 56.3 Å². The molecule has 2 amide bonds. The number of hydrogen-bond donors (Lipinski definition) is 1. The van der Waals surface area contributed by atoms with Gasteiger partial charge in [0.15, 0.2) is 6.61 Å². The van der Waals surface area contributed by atoms with Gasteiger partial charge in [0.05, 0.1) is 4.47 Å². The first-order chi connectivity index (χ1) is 16.3. The molecule has 1 fully saturated rings. The molecule has 3 rings (SSSR count). The third-order valence-electron chi connectivity index (χ3n) is 6.53. The van der Waals surface area contributed by atoms with Crippen molar-refractivity contribution in [2.24, 2.45) is 0 Å². The number of benzene rings is 2. The van der Waals surface area contributed by atoms with Crippen LogP contribution in [0.4, 0.5) is 0 Å². The maximum atomic E-state index is 13.4. The van der Waals surface area contributed by atoms with E-state index >= 15 is 0 Å². The van der Waals surface area contributed by atoms with E-state index in [1.54, 1.807) is 4.90 Å². The first-order valence-electron chi connectivity index (χ1n) is 12.4. The van der Waals surface area contributed by atoms with Gasteiger partial charge in [-0.2, -0.15) is 0 Å². The van der Waals surface area contributed by atoms with Gasteiger partial charge in [-0.1, -0.05) is 69.5 Å². The Balaban J connectivity index is 1.76. The summed E-state index contributed by atoms with van der Waals surface area (Å²) in [6.45, 7) is 8.50. The molecule has 0 spiro atoms. The SMILES string of the molecule is CC[C@H](C(=O)NC1CCCC1)N(Cc1ccc(C)cc1)C(=O)COc1ccc(C(C)C)cc1Br. The fourth-order valence-electron chi connectivity index (χ4n) is 4.39. The average Bonchev–Trinajstić information content (AvgIpc) is 3.32. The second kappa shape index (κ2) is 12.4. The maximum Gasteiger partial charge on any atom is 0.261 e. The van der Waals surface area contributed by atoms with Crippen LogP contribution in [0.15, 0.2) is 46.9 Å². The Labute approximate surface area is 212 Å². The molecule has 0 bridgehead atoms. The highest BCUT2D eigenvalue weighted by Crippen LogP contribution is 2.29. The number of carbonyl (C=O) groups excluding carboxylic acids is 2. The van der Waals surface area contributed by atoms with E-state index in [4.69, 9.17) is 4.74 Å². The molecule has 0 heterocycles. The molecule has 5 nitrogen and oxygen atoms in total. The highest BCUT2D eigenvalue weighted by molar-refractivity contribution is 9.10. The fourth-order valence-corrected chi connectivity index (χ4v) is 4.90. The number of hydrogen-bond acceptors (Lipinski definition) is 3. The minimum Gasteiger partial charge on any atom is -0.483 e. The number of ether oxygens (including phenoxy) is 1. The van der Waals surface area contributed by atoms with E-state index in [0.29, 0.717) is 24.6 Å². The van der Waals surface area contributed by atoms with Crippen molar-refractivity contribution in [2.45, 2.75) is 84.3 Å². The quantitative estimate of drug-likeness (QED) is 0.403. The van der Waals surface area contributed by atoms with Crippen molar-refractivity contribution < 1.29 is 14.3 Å². The van der Waals surface area contributed by atoms with Crippen molar-refractivity contribution in [1.29, 1.82) is 0 Å². The maximum absolute atomic E-state index is 13.4. The second-order valence-corrected chi connectivity index (χ2v) is 10.4. The Morgan fingerprint density at radius 2 is 1.79 bits per heavy atom. The lowest BCUT2D eigenvalue weighted by molar-refractivity contribution is -0.143. The molecule has 1 atom stereocenters. The molecule has 34 heavy (non-hydrogen) atoms. The van der Waals surface area contributed by atoms with Crippen molar-refractivity contribution in [2.75, 3.05) is 6.61 Å². The van der Waals surface area contributed by atoms with Crippen LogP contribution in [0.1, 0.15) is 75.5 Å². The van der Waals surface area contributed by atoms with Crippen molar-refractivity contribution in [1.82, 2.24) is 10.2 Å². The van der Waals surface area contributed by atoms with Crippen LogP contribution in [0, 0.1) is 6.92 Å². The Bertz CT molecular complexity index is 968. The van der Waals surface area contributed by atoms with E-state index in [1.165, 1.54) is 5.56 Å². The molecule has 1 saturated carbocycles. The summed E-state index contributed by atoms with van der Waals surface area (Å²) in [4.78, 5) is 28.3. The number of aryl methyl sites for hydroxylation is 1. The number of nitrogens with zero attached hydrogens (tertiary/aromatic N) is 1. The molecule has 2 aromatic carbocycles. The lowest BCUT2D eigenvalue weighted by atomic mass is 10.0. The summed E-state index contributed by atoms with van der Waals surface area (Å²) in [5.74, 6) is 0.753. The van der Waals surface area contributed by atoms with Crippen LogP contribution in [0.2, 0.25) is 0 Å². The van der Waals surface area contributed by atoms with Crippen LogP contribution in [0.5, 0.6) is 5.75 Å². The predicted octanol–water partition coefficient (Wildman–Crippen LogP) is 6.13. The molecule has 0 aliphatic heterocycles. The van der Waals surface area contributed by atoms with Gasteiger partial charge in [-0.25, -0.2) is 0 Å². The van der Waals surface area contributed by atoms with E-state index in [2.05, 4.69) is 35.1 Å². The zero-order chi connectivity index (χ0) is 24.7. The predicted molar refractivity (Wildman–Crippen MR) is 140 cm³/mol. The summed E-state index contributed by atoms with van der Waals surface area (Å²) in [6.07, 6.45) is 4.86. The summed E-state index contributed by atoms with van der Waals surface area (Å²) >= 11 is 3.56. The van der Waals surface area contributed by atoms with Crippen LogP contribution in [0.25, 0.3) is 0 Å². The van der Waals surface area contributed by atoms with Crippen molar-refractivity contribution in [3.05, 3.63) is 63.6 Å². The molecule has 184 valence electrons. The fraction of sp³-hybridized carbons (Fsp3) is 0.500. The second-order valence-electron chi connectivity index (χ2n) is 9.55. The zero-order valence-corrected chi connectivity index (χ0v) is 22.4. The minimum atomic E-state index is -0.537. The van der Waals surface area contributed by atoms with Gasteiger partial charge in [-0.05, 0) is 71.3 Å². The van der Waals surface area contributed by atoms with Gasteiger partial charge < -0.3 is 15.0 Å². The molecular formula is C28H37BrN2O3. The van der Waals surface area contributed by atoms with Crippen molar-refractivity contribution in [3.8, 4) is 5.75 Å². The van der Waals surface area contributed by atoms with Crippen molar-refractivity contribution >= 4 is 27.7 Å². The van der Waals surface area contributed by atoms with E-state index in [9.17, 15) is 9.59 Å². The molecule has 0 aromatic heterocycles. The summed E-state index contributed by atoms with van der Waals surface area (Å²) in [7, 11) is 0. The van der Waals surface area contributed by atoms with Gasteiger partial charge in [0.25, 0.3) is 5.91 Å². The monoisotopic (exact) mass is 528 g/mol. The van der Waals surface area contributed by atoms with Gasteiger partial charge in [0.1, 0.15) is 11.8 Å². The highest BCUT2D eigenvalue weighted by atomic mass is 79.9. The first-order valence-corrected chi connectivity index (χ1v) is 13.2. The number of rotatable bonds is 10. The first kappa shape index (κ1) is 26.3. The Morgan fingerprint density at radius 1 is 1.12 bits per heavy atom. The molecule has 1 aliphatic carbocycles. The summed E-state index contributed by atoms with van der Waals surface area (Å²) in [6, 6.07) is 13.7. The Morgan fingerprint density at radius 3 is 2.38 bits per heavy atom. The van der Waals surface area contributed by atoms with E-state index in [0.717, 1.165) is 41.3 Å². The van der Waals surface area contributed by atoms with Gasteiger partial charge in [-0.3, -0.25) is 9.59 Å². The minimum absolute atomic E-state index is 0.0719. The highest BCUT2D eigenvalue weighted by Gasteiger charge is 2.31. The van der Waals surface area contributed by atoms with E-state index in [-0.39, 0.29) is 24.5 Å². The van der Waals surface area contributed by atoms with Crippen LogP contribution < -0.4 is 10.1 Å². The van der Waals surface area contributed by atoms with Gasteiger partial charge in [0, 0.05) is 12.6 Å². The number of carbonyl (C=O) groups is 2. The zero-order valence-electron chi connectivity index (χ0n) is 20.8. The number of amides is 2. The van der Waals surface area contributed by atoms with Crippen LogP contribution in [0.3, 0.4) is 0 Å². The van der Waals surface area contributed by atoms with Crippen LogP contribution in [-0.4, -0.2) is 35.4 Å².